The zero-order valence-corrected chi connectivity index (χ0v) is 10.0. The number of rotatable bonds is 3. The van der Waals surface area contributed by atoms with E-state index in [1.165, 1.54) is 0 Å². The number of carbonyl (C=O) groups excluding carboxylic acids is 1. The van der Waals surface area contributed by atoms with E-state index in [-0.39, 0.29) is 11.9 Å². The SMILES string of the molecule is COc1cccc(C(=O)NC2CCCNC2)c1. The minimum atomic E-state index is -0.0300. The molecule has 0 radical (unpaired) electrons. The van der Waals surface area contributed by atoms with Gasteiger partial charge in [0, 0.05) is 18.2 Å². The summed E-state index contributed by atoms with van der Waals surface area (Å²) in [4.78, 5) is 12.0. The summed E-state index contributed by atoms with van der Waals surface area (Å²) < 4.78 is 5.10. The van der Waals surface area contributed by atoms with Crippen molar-refractivity contribution >= 4 is 5.91 Å². The predicted molar refractivity (Wildman–Crippen MR) is 66.4 cm³/mol. The average Bonchev–Trinajstić information content (AvgIpc) is 2.40. The number of hydrogen-bond donors (Lipinski definition) is 2. The quantitative estimate of drug-likeness (QED) is 0.825. The van der Waals surface area contributed by atoms with Crippen LogP contribution in [-0.4, -0.2) is 32.1 Å². The van der Waals surface area contributed by atoms with Gasteiger partial charge < -0.3 is 15.4 Å². The lowest BCUT2D eigenvalue weighted by Gasteiger charge is -2.23. The van der Waals surface area contributed by atoms with E-state index >= 15 is 0 Å². The molecular weight excluding hydrogens is 216 g/mol. The van der Waals surface area contributed by atoms with Crippen LogP contribution in [0.5, 0.6) is 5.75 Å². The molecule has 1 unspecified atom stereocenters. The van der Waals surface area contributed by atoms with Crippen LogP contribution in [0.3, 0.4) is 0 Å². The first-order chi connectivity index (χ1) is 8.29. The van der Waals surface area contributed by atoms with Gasteiger partial charge in [-0.25, -0.2) is 0 Å². The molecule has 2 rings (SSSR count). The normalized spacial score (nSPS) is 19.7. The van der Waals surface area contributed by atoms with Crippen molar-refractivity contribution < 1.29 is 9.53 Å². The van der Waals surface area contributed by atoms with Gasteiger partial charge in [0.2, 0.25) is 0 Å². The van der Waals surface area contributed by atoms with Crippen molar-refractivity contribution in [2.24, 2.45) is 0 Å². The van der Waals surface area contributed by atoms with Gasteiger partial charge in [-0.3, -0.25) is 4.79 Å². The highest BCUT2D eigenvalue weighted by atomic mass is 16.5. The molecule has 1 heterocycles. The Morgan fingerprint density at radius 2 is 2.41 bits per heavy atom. The van der Waals surface area contributed by atoms with Gasteiger partial charge in [0.1, 0.15) is 5.75 Å². The zero-order chi connectivity index (χ0) is 12.1. The molecule has 1 saturated heterocycles. The molecule has 0 bridgehead atoms. The lowest BCUT2D eigenvalue weighted by atomic mass is 10.1. The summed E-state index contributed by atoms with van der Waals surface area (Å²) in [5.74, 6) is 0.678. The summed E-state index contributed by atoms with van der Waals surface area (Å²) in [6.45, 7) is 1.90. The number of ether oxygens (including phenoxy) is 1. The largest absolute Gasteiger partial charge is 0.497 e. The molecule has 92 valence electrons. The van der Waals surface area contributed by atoms with Crippen molar-refractivity contribution in [3.05, 3.63) is 29.8 Å². The first kappa shape index (κ1) is 11.9. The van der Waals surface area contributed by atoms with E-state index in [1.807, 2.05) is 12.1 Å². The lowest BCUT2D eigenvalue weighted by molar-refractivity contribution is 0.0930. The van der Waals surface area contributed by atoms with Crippen LogP contribution in [-0.2, 0) is 0 Å². The Hall–Kier alpha value is -1.55. The molecule has 1 aliphatic heterocycles. The fourth-order valence-corrected chi connectivity index (χ4v) is 2.01. The van der Waals surface area contributed by atoms with Crippen LogP contribution in [0.2, 0.25) is 0 Å². The fraction of sp³-hybridized carbons (Fsp3) is 0.462. The molecule has 1 aliphatic rings. The number of amides is 1. The molecule has 1 aromatic rings. The predicted octanol–water partition coefficient (Wildman–Crippen LogP) is 1.18. The van der Waals surface area contributed by atoms with E-state index in [0.717, 1.165) is 25.9 Å². The van der Waals surface area contributed by atoms with E-state index in [0.29, 0.717) is 11.3 Å². The maximum absolute atomic E-state index is 12.0. The third-order valence-corrected chi connectivity index (χ3v) is 2.96. The van der Waals surface area contributed by atoms with Crippen molar-refractivity contribution in [3.8, 4) is 5.75 Å². The lowest BCUT2D eigenvalue weighted by Crippen LogP contribution is -2.45. The minimum absolute atomic E-state index is 0.0300. The van der Waals surface area contributed by atoms with E-state index in [9.17, 15) is 4.79 Å². The molecule has 1 atom stereocenters. The second-order valence-corrected chi connectivity index (χ2v) is 4.25. The Labute approximate surface area is 101 Å². The summed E-state index contributed by atoms with van der Waals surface area (Å²) in [5.41, 5.74) is 0.648. The number of carbonyl (C=O) groups is 1. The average molecular weight is 234 g/mol. The molecule has 1 aromatic carbocycles. The molecule has 4 nitrogen and oxygen atoms in total. The number of hydrogen-bond acceptors (Lipinski definition) is 3. The van der Waals surface area contributed by atoms with Crippen molar-refractivity contribution in [3.63, 3.8) is 0 Å². The molecule has 17 heavy (non-hydrogen) atoms. The summed E-state index contributed by atoms with van der Waals surface area (Å²) >= 11 is 0. The zero-order valence-electron chi connectivity index (χ0n) is 10.0. The number of methoxy groups -OCH3 is 1. The van der Waals surface area contributed by atoms with E-state index in [2.05, 4.69) is 10.6 Å². The van der Waals surface area contributed by atoms with Crippen LogP contribution in [0, 0.1) is 0 Å². The van der Waals surface area contributed by atoms with Gasteiger partial charge >= 0.3 is 0 Å². The Morgan fingerprint density at radius 1 is 1.53 bits per heavy atom. The van der Waals surface area contributed by atoms with Crippen molar-refractivity contribution in [1.82, 2.24) is 10.6 Å². The highest BCUT2D eigenvalue weighted by Gasteiger charge is 2.16. The first-order valence-corrected chi connectivity index (χ1v) is 5.95. The highest BCUT2D eigenvalue weighted by Crippen LogP contribution is 2.13. The molecule has 4 heteroatoms. The number of benzene rings is 1. The van der Waals surface area contributed by atoms with Crippen LogP contribution in [0.25, 0.3) is 0 Å². The third kappa shape index (κ3) is 3.20. The smallest absolute Gasteiger partial charge is 0.251 e. The molecule has 0 saturated carbocycles. The van der Waals surface area contributed by atoms with Gasteiger partial charge in [0.05, 0.1) is 7.11 Å². The van der Waals surface area contributed by atoms with Crippen LogP contribution in [0.1, 0.15) is 23.2 Å². The van der Waals surface area contributed by atoms with Gasteiger partial charge in [-0.15, -0.1) is 0 Å². The maximum Gasteiger partial charge on any atom is 0.251 e. The standard InChI is InChI=1S/C13H18N2O2/c1-17-12-6-2-4-10(8-12)13(16)15-11-5-3-7-14-9-11/h2,4,6,8,11,14H,3,5,7,9H2,1H3,(H,15,16). The van der Waals surface area contributed by atoms with Crippen LogP contribution < -0.4 is 15.4 Å². The summed E-state index contributed by atoms with van der Waals surface area (Å²) in [7, 11) is 1.60. The van der Waals surface area contributed by atoms with Gasteiger partial charge in [-0.1, -0.05) is 6.07 Å². The Balaban J connectivity index is 1.98. The minimum Gasteiger partial charge on any atom is -0.497 e. The van der Waals surface area contributed by atoms with E-state index in [4.69, 9.17) is 4.74 Å². The first-order valence-electron chi connectivity index (χ1n) is 5.95. The molecular formula is C13H18N2O2. The van der Waals surface area contributed by atoms with Crippen LogP contribution in [0.15, 0.2) is 24.3 Å². The molecule has 1 amide bonds. The van der Waals surface area contributed by atoms with Gasteiger partial charge in [0.25, 0.3) is 5.91 Å². The van der Waals surface area contributed by atoms with Crippen molar-refractivity contribution in [2.75, 3.05) is 20.2 Å². The van der Waals surface area contributed by atoms with Gasteiger partial charge in [-0.05, 0) is 37.6 Å². The summed E-state index contributed by atoms with van der Waals surface area (Å²) in [6, 6.07) is 7.45. The Kier molecular flexibility index (Phi) is 3.98. The second-order valence-electron chi connectivity index (χ2n) is 4.25. The molecule has 0 spiro atoms. The number of piperidine rings is 1. The van der Waals surface area contributed by atoms with Crippen molar-refractivity contribution in [1.29, 1.82) is 0 Å². The Morgan fingerprint density at radius 3 is 3.12 bits per heavy atom. The summed E-state index contributed by atoms with van der Waals surface area (Å²) in [5, 5.41) is 6.30. The van der Waals surface area contributed by atoms with Gasteiger partial charge in [-0.2, -0.15) is 0 Å². The third-order valence-electron chi connectivity index (χ3n) is 2.96. The number of nitrogens with one attached hydrogen (secondary N) is 2. The molecule has 2 N–H and O–H groups in total. The Bertz CT molecular complexity index is 387. The van der Waals surface area contributed by atoms with Crippen LogP contribution >= 0.6 is 0 Å². The topological polar surface area (TPSA) is 50.4 Å². The van der Waals surface area contributed by atoms with Crippen molar-refractivity contribution in [2.45, 2.75) is 18.9 Å². The maximum atomic E-state index is 12.0. The fourth-order valence-electron chi connectivity index (χ4n) is 2.01. The molecule has 0 aromatic heterocycles. The monoisotopic (exact) mass is 234 g/mol. The van der Waals surface area contributed by atoms with E-state index < -0.39 is 0 Å². The van der Waals surface area contributed by atoms with Crippen LogP contribution in [0.4, 0.5) is 0 Å². The summed E-state index contributed by atoms with van der Waals surface area (Å²) in [6.07, 6.45) is 2.16. The van der Waals surface area contributed by atoms with Gasteiger partial charge in [0.15, 0.2) is 0 Å². The highest BCUT2D eigenvalue weighted by molar-refractivity contribution is 5.94. The molecule has 0 aliphatic carbocycles. The molecule has 1 fully saturated rings. The van der Waals surface area contributed by atoms with E-state index in [1.54, 1.807) is 19.2 Å². The second kappa shape index (κ2) is 5.68.